The predicted molar refractivity (Wildman–Crippen MR) is 28.2 cm³/mol. The van der Waals surface area contributed by atoms with Crippen LogP contribution in [-0.2, 0) is 9.13 Å². The van der Waals surface area contributed by atoms with Crippen molar-refractivity contribution in [2.24, 2.45) is 0 Å². The Balaban J connectivity index is 3.74. The molecular weight excluding hydrogens is 150 g/mol. The van der Waals surface area contributed by atoms with Crippen LogP contribution < -0.4 is 4.89 Å². The molecule has 1 N–H and O–H groups in total. The second kappa shape index (κ2) is 2.70. The summed E-state index contributed by atoms with van der Waals surface area (Å²) >= 11 is 0. The molecule has 0 bridgehead atoms. The smallest absolute Gasteiger partial charge is 0.319 e. The van der Waals surface area contributed by atoms with Crippen molar-refractivity contribution in [3.8, 4) is 0 Å². The van der Waals surface area contributed by atoms with Gasteiger partial charge < -0.3 is 9.79 Å². The van der Waals surface area contributed by atoms with E-state index in [0.717, 1.165) is 6.66 Å². The second-order valence-corrected chi connectivity index (χ2v) is 5.42. The largest absolute Gasteiger partial charge is 0.595 e. The van der Waals surface area contributed by atoms with Crippen molar-refractivity contribution in [3.63, 3.8) is 0 Å². The normalized spacial score (nSPS) is 19.6. The Labute approximate surface area is 47.9 Å². The summed E-state index contributed by atoms with van der Waals surface area (Å²) in [6, 6.07) is 0. The van der Waals surface area contributed by atoms with Crippen LogP contribution in [0.3, 0.4) is 0 Å². The Kier molecular flexibility index (Phi) is 2.78. The summed E-state index contributed by atoms with van der Waals surface area (Å²) in [5.41, 5.74) is 0. The first-order valence-corrected chi connectivity index (χ1v) is 5.48. The molecule has 0 aliphatic heterocycles. The van der Waals surface area contributed by atoms with E-state index in [0.29, 0.717) is 0 Å². The van der Waals surface area contributed by atoms with Gasteiger partial charge in [0.15, 0.2) is 0 Å². The Morgan fingerprint density at radius 1 is 1.88 bits per heavy atom. The molecule has 0 saturated heterocycles. The van der Waals surface area contributed by atoms with Gasteiger partial charge in [-0.3, -0.25) is 4.57 Å². The van der Waals surface area contributed by atoms with E-state index in [-0.39, 0.29) is 0 Å². The maximum atomic E-state index is 10.2. The summed E-state index contributed by atoms with van der Waals surface area (Å²) in [5, 5.41) is 0. The third-order valence-electron chi connectivity index (χ3n) is 0.378. The zero-order valence-electron chi connectivity index (χ0n) is 4.27. The molecule has 4 nitrogen and oxygen atoms in total. The van der Waals surface area contributed by atoms with Crippen LogP contribution in [0.2, 0.25) is 0 Å². The van der Waals surface area contributed by atoms with Gasteiger partial charge in [0.2, 0.25) is 13.3 Å². The van der Waals surface area contributed by atoms with Crippen LogP contribution in [0.15, 0.2) is 0 Å². The molecule has 0 aliphatic carbocycles. The highest BCUT2D eigenvalue weighted by Crippen LogP contribution is 2.41. The first-order valence-electron chi connectivity index (χ1n) is 1.83. The zero-order valence-corrected chi connectivity index (χ0v) is 6.06. The molecule has 2 atom stereocenters. The van der Waals surface area contributed by atoms with Crippen LogP contribution in [0.5, 0.6) is 0 Å². The summed E-state index contributed by atoms with van der Waals surface area (Å²) in [6.45, 7) is 1.01. The van der Waals surface area contributed by atoms with Crippen LogP contribution in [0, 0.1) is 0 Å². The van der Waals surface area contributed by atoms with E-state index in [4.69, 9.17) is 4.89 Å². The fourth-order valence-electron chi connectivity index (χ4n) is 0.214. The van der Waals surface area contributed by atoms with Gasteiger partial charge in [-0.25, -0.2) is 0 Å². The molecule has 0 heterocycles. The van der Waals surface area contributed by atoms with Crippen LogP contribution in [0.25, 0.3) is 0 Å². The van der Waals surface area contributed by atoms with Gasteiger partial charge in [-0.05, 0) is 0 Å². The summed E-state index contributed by atoms with van der Waals surface area (Å²) in [4.78, 5) is 18.1. The van der Waals surface area contributed by atoms with Gasteiger partial charge in [0.1, 0.15) is 0 Å². The predicted octanol–water partition coefficient (Wildman–Crippen LogP) is -0.0532. The molecule has 0 rings (SSSR count). The first kappa shape index (κ1) is 8.25. The lowest BCUT2D eigenvalue weighted by atomic mass is 11.9. The minimum Gasteiger partial charge on any atom is -0.595 e. The van der Waals surface area contributed by atoms with E-state index in [1.807, 2.05) is 0 Å². The van der Waals surface area contributed by atoms with Crippen molar-refractivity contribution in [1.82, 2.24) is 0 Å². The first-order chi connectivity index (χ1) is 3.42. The average Bonchev–Trinajstić information content (AvgIpc) is 1.21. The lowest BCUT2D eigenvalue weighted by Crippen LogP contribution is -1.90. The van der Waals surface area contributed by atoms with Gasteiger partial charge in [0, 0.05) is 6.66 Å². The van der Waals surface area contributed by atoms with E-state index < -0.39 is 21.3 Å². The van der Waals surface area contributed by atoms with Gasteiger partial charge in [-0.15, -0.1) is 0 Å². The molecule has 0 aliphatic rings. The highest BCUT2D eigenvalue weighted by atomic mass is 31.2. The molecule has 0 spiro atoms. The van der Waals surface area contributed by atoms with E-state index in [2.05, 4.69) is 0 Å². The fraction of sp³-hybridized carbons (Fsp3) is 1.00. The van der Waals surface area contributed by atoms with Crippen molar-refractivity contribution in [3.05, 3.63) is 0 Å². The fourth-order valence-corrected chi connectivity index (χ4v) is 1.93. The van der Waals surface area contributed by atoms with E-state index in [1.54, 1.807) is 0 Å². The van der Waals surface area contributed by atoms with Crippen LogP contribution in [0.4, 0.5) is 0 Å². The van der Waals surface area contributed by atoms with Crippen molar-refractivity contribution < 1.29 is 18.9 Å². The lowest BCUT2D eigenvalue weighted by Gasteiger charge is -1.94. The quantitative estimate of drug-likeness (QED) is 0.568. The highest BCUT2D eigenvalue weighted by molar-refractivity contribution is 7.67. The van der Waals surface area contributed by atoms with Crippen LogP contribution in [-0.4, -0.2) is 17.5 Å². The van der Waals surface area contributed by atoms with E-state index >= 15 is 0 Å². The summed E-state index contributed by atoms with van der Waals surface area (Å²) in [5.74, 6) is -0.609. The van der Waals surface area contributed by atoms with Gasteiger partial charge >= 0.3 is 8.03 Å². The van der Waals surface area contributed by atoms with Gasteiger partial charge in [0.05, 0.1) is 0 Å². The number of hydrogen-bond acceptors (Lipinski definition) is 3. The molecule has 0 radical (unpaired) electrons. The maximum Gasteiger partial charge on any atom is 0.319 e. The maximum absolute atomic E-state index is 10.2. The molecule has 6 heteroatoms. The number of rotatable bonds is 2. The van der Waals surface area contributed by atoms with Gasteiger partial charge in [-0.2, -0.15) is 0 Å². The highest BCUT2D eigenvalue weighted by Gasteiger charge is 2.17. The van der Waals surface area contributed by atoms with Crippen LogP contribution in [0.1, 0.15) is 0 Å². The molecule has 0 aromatic carbocycles. The molecule has 0 aromatic rings. The average molecular weight is 156 g/mol. The minimum atomic E-state index is -3.32. The monoisotopic (exact) mass is 156 g/mol. The number of hydrogen-bond donors (Lipinski definition) is 1. The van der Waals surface area contributed by atoms with Gasteiger partial charge in [0.25, 0.3) is 0 Å². The topological polar surface area (TPSA) is 77.4 Å². The molecule has 0 aromatic heterocycles. The lowest BCUT2D eigenvalue weighted by molar-refractivity contribution is -0.163. The Morgan fingerprint density at radius 3 is 2.25 bits per heavy atom. The molecule has 0 fully saturated rings. The Morgan fingerprint density at radius 2 is 2.25 bits per heavy atom. The van der Waals surface area contributed by atoms with Crippen molar-refractivity contribution >= 4 is 15.4 Å². The molecule has 8 heavy (non-hydrogen) atoms. The third kappa shape index (κ3) is 6.25. The Bertz CT molecular complexity index is 135. The van der Waals surface area contributed by atoms with Crippen LogP contribution >= 0.6 is 15.4 Å². The summed E-state index contributed by atoms with van der Waals surface area (Å²) < 4.78 is 19.9. The molecule has 48 valence electrons. The summed E-state index contributed by atoms with van der Waals surface area (Å²) in [6.07, 6.45) is 0. The second-order valence-electron chi connectivity index (χ2n) is 1.53. The minimum absolute atomic E-state index is 0.609. The SMILES string of the molecule is CP(=O)(O)C[P+](=O)[O-]. The Hall–Kier alpha value is 0.250. The molecular formula is C2H6O4P2. The van der Waals surface area contributed by atoms with Crippen molar-refractivity contribution in [1.29, 1.82) is 0 Å². The standard InChI is InChI=1S/C2H6O4P2/c1-8(5,6)2-7(3)4/h2H2,1H3,(H,5,6). The van der Waals surface area contributed by atoms with Crippen molar-refractivity contribution in [2.45, 2.75) is 0 Å². The third-order valence-corrected chi connectivity index (χ3v) is 3.40. The van der Waals surface area contributed by atoms with Gasteiger partial charge in [-0.1, -0.05) is 4.57 Å². The van der Waals surface area contributed by atoms with E-state index in [1.165, 1.54) is 0 Å². The molecule has 2 unspecified atom stereocenters. The van der Waals surface area contributed by atoms with Crippen molar-refractivity contribution in [2.75, 3.05) is 12.6 Å². The molecule has 0 amide bonds. The summed E-state index contributed by atoms with van der Waals surface area (Å²) in [7, 11) is -6.02. The zero-order chi connectivity index (χ0) is 6.78. The van der Waals surface area contributed by atoms with E-state index in [9.17, 15) is 14.0 Å². The molecule has 0 saturated carbocycles.